The molecule has 26 heavy (non-hydrogen) atoms. The molecule has 0 aromatic heterocycles. The van der Waals surface area contributed by atoms with Gasteiger partial charge in [-0.05, 0) is 12.0 Å². The fraction of sp³-hybridized carbons (Fsp3) is 0.375. The quantitative estimate of drug-likeness (QED) is 0.262. The first-order valence-electron chi connectivity index (χ1n) is 7.80. The lowest BCUT2D eigenvalue weighted by Crippen LogP contribution is -2.53. The number of rotatable bonds is 10. The molecule has 0 fully saturated rings. The van der Waals surface area contributed by atoms with Crippen LogP contribution in [0.3, 0.4) is 0 Å². The van der Waals surface area contributed by atoms with Gasteiger partial charge in [-0.3, -0.25) is 19.2 Å². The maximum atomic E-state index is 11.9. The van der Waals surface area contributed by atoms with Gasteiger partial charge in [-0.1, -0.05) is 30.3 Å². The Morgan fingerprint density at radius 1 is 1.00 bits per heavy atom. The largest absolute Gasteiger partial charge is 0.480 e. The summed E-state index contributed by atoms with van der Waals surface area (Å²) in [7, 11) is 0. The molecule has 1 aromatic carbocycles. The minimum absolute atomic E-state index is 0.297. The van der Waals surface area contributed by atoms with E-state index in [1.54, 1.807) is 0 Å². The number of aliphatic carboxylic acids is 1. The summed E-state index contributed by atoms with van der Waals surface area (Å²) in [6, 6.07) is 6.94. The monoisotopic (exact) mass is 366 g/mol. The van der Waals surface area contributed by atoms with Gasteiger partial charge in [0.05, 0.1) is 19.2 Å². The minimum atomic E-state index is -1.32. The Bertz CT molecular complexity index is 637. The van der Waals surface area contributed by atoms with E-state index in [1.165, 1.54) is 0 Å². The van der Waals surface area contributed by atoms with Crippen LogP contribution in [0.25, 0.3) is 0 Å². The molecule has 2 unspecified atom stereocenters. The van der Waals surface area contributed by atoms with Crippen LogP contribution in [0.2, 0.25) is 0 Å². The van der Waals surface area contributed by atoms with Crippen LogP contribution in [0, 0.1) is 0 Å². The van der Waals surface area contributed by atoms with E-state index in [4.69, 9.17) is 15.9 Å². The summed E-state index contributed by atoms with van der Waals surface area (Å²) in [5, 5.41) is 24.1. The molecule has 0 radical (unpaired) electrons. The van der Waals surface area contributed by atoms with Crippen molar-refractivity contribution in [1.82, 2.24) is 16.0 Å². The summed E-state index contributed by atoms with van der Waals surface area (Å²) in [4.78, 5) is 45.7. The Morgan fingerprint density at radius 2 is 1.62 bits per heavy atom. The Balaban J connectivity index is 2.40. The lowest BCUT2D eigenvalue weighted by Gasteiger charge is -2.16. The molecule has 0 bridgehead atoms. The molecule has 0 saturated heterocycles. The van der Waals surface area contributed by atoms with Gasteiger partial charge in [-0.15, -0.1) is 0 Å². The molecule has 2 atom stereocenters. The molecule has 0 aliphatic carbocycles. The van der Waals surface area contributed by atoms with Crippen LogP contribution in [0.4, 0.5) is 0 Å². The van der Waals surface area contributed by atoms with Crippen LogP contribution in [-0.2, 0) is 25.6 Å². The first-order chi connectivity index (χ1) is 12.3. The van der Waals surface area contributed by atoms with Gasteiger partial charge in [0.15, 0.2) is 0 Å². The van der Waals surface area contributed by atoms with E-state index in [9.17, 15) is 19.2 Å². The molecule has 1 rings (SSSR count). The minimum Gasteiger partial charge on any atom is -0.480 e. The molecule has 0 aliphatic heterocycles. The topological polar surface area (TPSA) is 171 Å². The molecule has 142 valence electrons. The van der Waals surface area contributed by atoms with E-state index in [-0.39, 0.29) is 0 Å². The lowest BCUT2D eigenvalue weighted by atomic mass is 10.1. The Hall–Kier alpha value is -2.98. The van der Waals surface area contributed by atoms with Gasteiger partial charge in [0.2, 0.25) is 17.7 Å². The molecule has 7 N–H and O–H groups in total. The number of carbonyl (C=O) groups excluding carboxylic acids is 3. The maximum Gasteiger partial charge on any atom is 0.322 e. The molecule has 10 heteroatoms. The molecular formula is C16H22N4O6. The number of aliphatic hydroxyl groups excluding tert-OH is 1. The zero-order valence-corrected chi connectivity index (χ0v) is 14.0. The summed E-state index contributed by atoms with van der Waals surface area (Å²) >= 11 is 0. The summed E-state index contributed by atoms with van der Waals surface area (Å²) in [5.74, 6) is -3.38. The summed E-state index contributed by atoms with van der Waals surface area (Å²) in [5.41, 5.74) is 6.65. The number of carboxylic acid groups (broad SMARTS) is 1. The highest BCUT2D eigenvalue weighted by molar-refractivity contribution is 5.92. The van der Waals surface area contributed by atoms with Gasteiger partial charge >= 0.3 is 5.97 Å². The number of benzene rings is 1. The van der Waals surface area contributed by atoms with Gasteiger partial charge < -0.3 is 31.9 Å². The fourth-order valence-corrected chi connectivity index (χ4v) is 1.98. The summed E-state index contributed by atoms with van der Waals surface area (Å²) in [6.07, 6.45) is 0.297. The second-order valence-electron chi connectivity index (χ2n) is 5.43. The van der Waals surface area contributed by atoms with Crippen LogP contribution in [-0.4, -0.2) is 65.7 Å². The molecule has 0 spiro atoms. The number of hydrogen-bond donors (Lipinski definition) is 6. The van der Waals surface area contributed by atoms with E-state index >= 15 is 0 Å². The van der Waals surface area contributed by atoms with Crippen molar-refractivity contribution in [1.29, 1.82) is 0 Å². The van der Waals surface area contributed by atoms with E-state index in [0.717, 1.165) is 5.56 Å². The van der Waals surface area contributed by atoms with Crippen molar-refractivity contribution in [2.24, 2.45) is 5.73 Å². The normalized spacial score (nSPS) is 12.5. The number of nitrogens with two attached hydrogens (primary N) is 1. The van der Waals surface area contributed by atoms with Crippen molar-refractivity contribution < 1.29 is 29.4 Å². The fourth-order valence-electron chi connectivity index (χ4n) is 1.98. The second-order valence-corrected chi connectivity index (χ2v) is 5.43. The van der Waals surface area contributed by atoms with Crippen LogP contribution < -0.4 is 21.7 Å². The van der Waals surface area contributed by atoms with Gasteiger partial charge in [-0.25, -0.2) is 0 Å². The van der Waals surface area contributed by atoms with Crippen molar-refractivity contribution >= 4 is 23.7 Å². The van der Waals surface area contributed by atoms with Crippen molar-refractivity contribution in [3.05, 3.63) is 35.9 Å². The van der Waals surface area contributed by atoms with Crippen LogP contribution in [0.1, 0.15) is 5.56 Å². The molecule has 1 aromatic rings. The van der Waals surface area contributed by atoms with Crippen molar-refractivity contribution in [2.75, 3.05) is 19.7 Å². The molecule has 0 saturated carbocycles. The third-order valence-corrected chi connectivity index (χ3v) is 3.31. The number of hydrogen-bond acceptors (Lipinski definition) is 6. The third-order valence-electron chi connectivity index (χ3n) is 3.31. The average Bonchev–Trinajstić information content (AvgIpc) is 2.62. The first kappa shape index (κ1) is 21.1. The predicted octanol–water partition coefficient (Wildman–Crippen LogP) is -2.65. The molecule has 0 heterocycles. The summed E-state index contributed by atoms with van der Waals surface area (Å²) < 4.78 is 0. The highest BCUT2D eigenvalue weighted by Crippen LogP contribution is 2.01. The predicted molar refractivity (Wildman–Crippen MR) is 90.8 cm³/mol. The third kappa shape index (κ3) is 7.73. The molecular weight excluding hydrogens is 344 g/mol. The van der Waals surface area contributed by atoms with Crippen LogP contribution in [0.5, 0.6) is 0 Å². The zero-order chi connectivity index (χ0) is 19.5. The number of aliphatic hydroxyl groups is 1. The van der Waals surface area contributed by atoms with Crippen LogP contribution in [0.15, 0.2) is 30.3 Å². The van der Waals surface area contributed by atoms with Crippen molar-refractivity contribution in [3.8, 4) is 0 Å². The standard InChI is InChI=1S/C16H22N4O6/c17-11(6-10-4-2-1-3-5-10)15(25)18-7-13(22)20-12(9-21)16(26)19-8-14(23)24/h1-5,11-12,21H,6-9,17H2,(H,18,25)(H,19,26)(H,20,22)(H,23,24). The number of carboxylic acids is 1. The number of nitrogens with one attached hydrogen (secondary N) is 3. The van der Waals surface area contributed by atoms with Gasteiger partial charge in [0, 0.05) is 0 Å². The Labute approximate surface area is 149 Å². The van der Waals surface area contributed by atoms with Gasteiger partial charge in [0.25, 0.3) is 0 Å². The molecule has 10 nitrogen and oxygen atoms in total. The van der Waals surface area contributed by atoms with Gasteiger partial charge in [0.1, 0.15) is 12.6 Å². The second kappa shape index (κ2) is 10.8. The zero-order valence-electron chi connectivity index (χ0n) is 14.0. The summed E-state index contributed by atoms with van der Waals surface area (Å²) in [6.45, 7) is -1.81. The Kier molecular flexibility index (Phi) is 8.75. The lowest BCUT2D eigenvalue weighted by molar-refractivity contribution is -0.138. The number of carbonyl (C=O) groups is 4. The Morgan fingerprint density at radius 3 is 2.19 bits per heavy atom. The first-order valence-corrected chi connectivity index (χ1v) is 7.80. The van der Waals surface area contributed by atoms with E-state index < -0.39 is 55.5 Å². The van der Waals surface area contributed by atoms with E-state index in [2.05, 4.69) is 10.6 Å². The molecule has 0 aliphatic rings. The van der Waals surface area contributed by atoms with Gasteiger partial charge in [-0.2, -0.15) is 0 Å². The van der Waals surface area contributed by atoms with Crippen molar-refractivity contribution in [2.45, 2.75) is 18.5 Å². The van der Waals surface area contributed by atoms with Crippen molar-refractivity contribution in [3.63, 3.8) is 0 Å². The smallest absolute Gasteiger partial charge is 0.322 e. The highest BCUT2D eigenvalue weighted by Gasteiger charge is 2.21. The number of amides is 3. The van der Waals surface area contributed by atoms with E-state index in [1.807, 2.05) is 35.6 Å². The molecule has 3 amide bonds. The maximum absolute atomic E-state index is 11.9. The SMILES string of the molecule is NC(Cc1ccccc1)C(=O)NCC(=O)NC(CO)C(=O)NCC(=O)O. The van der Waals surface area contributed by atoms with Crippen LogP contribution >= 0.6 is 0 Å². The average molecular weight is 366 g/mol. The van der Waals surface area contributed by atoms with E-state index in [0.29, 0.717) is 6.42 Å². The highest BCUT2D eigenvalue weighted by atomic mass is 16.4.